The number of methoxy groups -OCH3 is 3. The van der Waals surface area contributed by atoms with Crippen LogP contribution in [-0.2, 0) is 0 Å². The Morgan fingerprint density at radius 1 is 1.05 bits per heavy atom. The molecule has 0 atom stereocenters. The van der Waals surface area contributed by atoms with Gasteiger partial charge in [-0.1, -0.05) is 0 Å². The molecule has 1 aromatic rings. The van der Waals surface area contributed by atoms with Gasteiger partial charge in [-0.05, 0) is 12.8 Å². The Hall–Kier alpha value is -1.66. The molecule has 2 rings (SSSR count). The summed E-state index contributed by atoms with van der Waals surface area (Å²) >= 11 is 0. The predicted octanol–water partition coefficient (Wildman–Crippen LogP) is 1.70. The lowest BCUT2D eigenvalue weighted by Gasteiger charge is -2.30. The van der Waals surface area contributed by atoms with E-state index in [0.717, 1.165) is 12.8 Å². The van der Waals surface area contributed by atoms with E-state index in [1.807, 2.05) is 0 Å². The maximum Gasteiger partial charge on any atom is 0.257 e. The third-order valence-corrected chi connectivity index (χ3v) is 3.76. The fourth-order valence-corrected chi connectivity index (χ4v) is 2.47. The van der Waals surface area contributed by atoms with Crippen LogP contribution in [0.4, 0.5) is 0 Å². The minimum absolute atomic E-state index is 0. The van der Waals surface area contributed by atoms with Crippen molar-refractivity contribution in [2.45, 2.75) is 18.9 Å². The van der Waals surface area contributed by atoms with Gasteiger partial charge in [0.25, 0.3) is 5.91 Å². The van der Waals surface area contributed by atoms with Crippen LogP contribution < -0.4 is 19.9 Å². The van der Waals surface area contributed by atoms with Crippen molar-refractivity contribution in [3.05, 3.63) is 17.7 Å². The summed E-state index contributed by atoms with van der Waals surface area (Å²) < 4.78 is 15.8. The Morgan fingerprint density at radius 2 is 1.55 bits per heavy atom. The Labute approximate surface area is 136 Å². The van der Waals surface area contributed by atoms with Crippen LogP contribution in [0.1, 0.15) is 23.2 Å². The molecule has 124 valence electrons. The van der Waals surface area contributed by atoms with Crippen molar-refractivity contribution in [2.24, 2.45) is 5.73 Å². The third kappa shape index (κ3) is 3.75. The first kappa shape index (κ1) is 18.4. The van der Waals surface area contributed by atoms with Crippen molar-refractivity contribution >= 4 is 18.3 Å². The molecule has 1 heterocycles. The van der Waals surface area contributed by atoms with Gasteiger partial charge < -0.3 is 24.8 Å². The maximum absolute atomic E-state index is 12.7. The van der Waals surface area contributed by atoms with Crippen LogP contribution in [0.5, 0.6) is 17.2 Å². The Kier molecular flexibility index (Phi) is 6.77. The van der Waals surface area contributed by atoms with Gasteiger partial charge in [0.1, 0.15) is 5.75 Å². The molecule has 1 aliphatic rings. The van der Waals surface area contributed by atoms with E-state index in [1.165, 1.54) is 7.11 Å². The number of nitrogens with zero attached hydrogens (tertiary/aromatic N) is 1. The van der Waals surface area contributed by atoms with Gasteiger partial charge in [0, 0.05) is 31.3 Å². The number of hydrogen-bond acceptors (Lipinski definition) is 5. The Bertz CT molecular complexity index is 517. The van der Waals surface area contributed by atoms with Crippen LogP contribution >= 0.6 is 12.4 Å². The second-order valence-electron chi connectivity index (χ2n) is 5.04. The lowest BCUT2D eigenvalue weighted by Crippen LogP contribution is -2.42. The highest BCUT2D eigenvalue weighted by molar-refractivity contribution is 5.98. The molecule has 1 amide bonds. The molecule has 22 heavy (non-hydrogen) atoms. The summed E-state index contributed by atoms with van der Waals surface area (Å²) in [6, 6.07) is 3.51. The van der Waals surface area contributed by atoms with Crippen LogP contribution in [0.2, 0.25) is 0 Å². The van der Waals surface area contributed by atoms with Gasteiger partial charge in [-0.15, -0.1) is 12.4 Å². The molecule has 2 N–H and O–H groups in total. The van der Waals surface area contributed by atoms with Gasteiger partial charge in [0.05, 0.1) is 26.9 Å². The van der Waals surface area contributed by atoms with E-state index in [1.54, 1.807) is 31.3 Å². The molecule has 0 bridgehead atoms. The molecule has 1 aromatic carbocycles. The number of carbonyl (C=O) groups excluding carboxylic acids is 1. The number of halogens is 1. The minimum atomic E-state index is -0.0697. The second kappa shape index (κ2) is 8.10. The molecule has 0 aliphatic carbocycles. The van der Waals surface area contributed by atoms with Crippen molar-refractivity contribution in [1.82, 2.24) is 4.90 Å². The van der Waals surface area contributed by atoms with Crippen LogP contribution in [0.3, 0.4) is 0 Å². The van der Waals surface area contributed by atoms with Crippen molar-refractivity contribution < 1.29 is 19.0 Å². The van der Waals surface area contributed by atoms with Crippen molar-refractivity contribution in [3.63, 3.8) is 0 Å². The predicted molar refractivity (Wildman–Crippen MR) is 86.5 cm³/mol. The molecule has 7 heteroatoms. The van der Waals surface area contributed by atoms with E-state index in [9.17, 15) is 4.79 Å². The number of carbonyl (C=O) groups is 1. The van der Waals surface area contributed by atoms with Gasteiger partial charge in [0.15, 0.2) is 11.5 Å². The average molecular weight is 331 g/mol. The van der Waals surface area contributed by atoms with Crippen LogP contribution in [-0.4, -0.2) is 51.3 Å². The second-order valence-corrected chi connectivity index (χ2v) is 5.04. The molecule has 1 aliphatic heterocycles. The zero-order valence-electron chi connectivity index (χ0n) is 13.1. The monoisotopic (exact) mass is 330 g/mol. The first-order valence-corrected chi connectivity index (χ1v) is 6.95. The molecule has 0 saturated carbocycles. The summed E-state index contributed by atoms with van der Waals surface area (Å²) in [4.78, 5) is 14.5. The SMILES string of the molecule is COc1cc(OC)c(C(=O)N2CCC(N)CC2)cc1OC.Cl. The lowest BCUT2D eigenvalue weighted by molar-refractivity contribution is 0.0711. The van der Waals surface area contributed by atoms with E-state index in [4.69, 9.17) is 19.9 Å². The topological polar surface area (TPSA) is 74.0 Å². The van der Waals surface area contributed by atoms with E-state index in [2.05, 4.69) is 0 Å². The summed E-state index contributed by atoms with van der Waals surface area (Å²) in [5, 5.41) is 0. The third-order valence-electron chi connectivity index (χ3n) is 3.76. The number of likely N-dealkylation sites (tertiary alicyclic amines) is 1. The largest absolute Gasteiger partial charge is 0.496 e. The summed E-state index contributed by atoms with van der Waals surface area (Å²) in [7, 11) is 4.62. The lowest BCUT2D eigenvalue weighted by atomic mass is 10.0. The zero-order valence-corrected chi connectivity index (χ0v) is 13.9. The average Bonchev–Trinajstić information content (AvgIpc) is 2.53. The fraction of sp³-hybridized carbons (Fsp3) is 0.533. The molecular formula is C15H23ClN2O4. The quantitative estimate of drug-likeness (QED) is 0.909. The van der Waals surface area contributed by atoms with E-state index in [-0.39, 0.29) is 24.4 Å². The number of benzene rings is 1. The number of piperidine rings is 1. The molecule has 0 spiro atoms. The van der Waals surface area contributed by atoms with Gasteiger partial charge in [-0.25, -0.2) is 0 Å². The van der Waals surface area contributed by atoms with E-state index < -0.39 is 0 Å². The van der Waals surface area contributed by atoms with Crippen LogP contribution in [0.25, 0.3) is 0 Å². The summed E-state index contributed by atoms with van der Waals surface area (Å²) in [6.07, 6.45) is 1.64. The van der Waals surface area contributed by atoms with Crippen molar-refractivity contribution in [2.75, 3.05) is 34.4 Å². The van der Waals surface area contributed by atoms with Crippen LogP contribution in [0, 0.1) is 0 Å². The highest BCUT2D eigenvalue weighted by Crippen LogP contribution is 2.35. The number of rotatable bonds is 4. The Balaban J connectivity index is 0.00000242. The standard InChI is InChI=1S/C15H22N2O4.ClH/c1-19-12-9-14(21-3)13(20-2)8-11(12)15(18)17-6-4-10(16)5-7-17;/h8-10H,4-7,16H2,1-3H3;1H. The summed E-state index contributed by atoms with van der Waals surface area (Å²) in [5.41, 5.74) is 6.35. The molecule has 1 saturated heterocycles. The molecule has 1 fully saturated rings. The normalized spacial score (nSPS) is 15.0. The Morgan fingerprint density at radius 3 is 2.05 bits per heavy atom. The van der Waals surface area contributed by atoms with Gasteiger partial charge in [-0.3, -0.25) is 4.79 Å². The first-order valence-electron chi connectivity index (χ1n) is 6.95. The zero-order chi connectivity index (χ0) is 15.4. The number of amides is 1. The van der Waals surface area contributed by atoms with Crippen LogP contribution in [0.15, 0.2) is 12.1 Å². The summed E-state index contributed by atoms with van der Waals surface area (Å²) in [6.45, 7) is 1.33. The van der Waals surface area contributed by atoms with Crippen molar-refractivity contribution in [1.29, 1.82) is 0 Å². The first-order chi connectivity index (χ1) is 10.1. The van der Waals surface area contributed by atoms with Gasteiger partial charge in [0.2, 0.25) is 0 Å². The number of hydrogen-bond donors (Lipinski definition) is 1. The highest BCUT2D eigenvalue weighted by atomic mass is 35.5. The van der Waals surface area contributed by atoms with Crippen molar-refractivity contribution in [3.8, 4) is 17.2 Å². The number of nitrogens with two attached hydrogens (primary N) is 1. The summed E-state index contributed by atoms with van der Waals surface area (Å²) in [5.74, 6) is 1.45. The molecule has 0 aromatic heterocycles. The molecule has 6 nitrogen and oxygen atoms in total. The fourth-order valence-electron chi connectivity index (χ4n) is 2.47. The maximum atomic E-state index is 12.7. The molecule has 0 unspecified atom stereocenters. The van der Waals surface area contributed by atoms with E-state index >= 15 is 0 Å². The molecular weight excluding hydrogens is 308 g/mol. The number of ether oxygens (including phenoxy) is 3. The highest BCUT2D eigenvalue weighted by Gasteiger charge is 2.25. The van der Waals surface area contributed by atoms with Gasteiger partial charge in [-0.2, -0.15) is 0 Å². The molecule has 0 radical (unpaired) electrons. The minimum Gasteiger partial charge on any atom is -0.496 e. The van der Waals surface area contributed by atoms with Gasteiger partial charge >= 0.3 is 0 Å². The van der Waals surface area contributed by atoms with E-state index in [0.29, 0.717) is 35.9 Å². The smallest absolute Gasteiger partial charge is 0.257 e.